The van der Waals surface area contributed by atoms with Crippen molar-refractivity contribution >= 4 is 11.6 Å². The molecular weight excluding hydrogens is 262 g/mol. The Balaban J connectivity index is 2.07. The summed E-state index contributed by atoms with van der Waals surface area (Å²) < 4.78 is 11.0. The number of hydrogen-bond donors (Lipinski definition) is 1. The number of nitrogens with one attached hydrogen (secondary N) is 1. The Morgan fingerprint density at radius 3 is 2.74 bits per heavy atom. The summed E-state index contributed by atoms with van der Waals surface area (Å²) in [6.45, 7) is 9.01. The molecule has 1 N–H and O–H groups in total. The molecule has 1 aromatic rings. The smallest absolute Gasteiger partial charge is 0.138 e. The van der Waals surface area contributed by atoms with Crippen LogP contribution >= 0.6 is 11.6 Å². The van der Waals surface area contributed by atoms with Gasteiger partial charge in [-0.15, -0.1) is 0 Å². The van der Waals surface area contributed by atoms with Gasteiger partial charge < -0.3 is 14.8 Å². The topological polar surface area (TPSA) is 30.5 Å². The van der Waals surface area contributed by atoms with E-state index in [1.807, 2.05) is 25.1 Å². The molecule has 0 aliphatic rings. The van der Waals surface area contributed by atoms with Crippen LogP contribution in [0.4, 0.5) is 0 Å². The summed E-state index contributed by atoms with van der Waals surface area (Å²) in [5.41, 5.74) is 1.13. The average Bonchev–Trinajstić information content (AvgIpc) is 2.39. The number of benzene rings is 1. The van der Waals surface area contributed by atoms with Crippen LogP contribution in [-0.4, -0.2) is 32.4 Å². The third kappa shape index (κ3) is 6.81. The quantitative estimate of drug-likeness (QED) is 0.705. The van der Waals surface area contributed by atoms with Gasteiger partial charge in [-0.2, -0.15) is 0 Å². The van der Waals surface area contributed by atoms with Gasteiger partial charge in [-0.05, 0) is 38.0 Å². The highest BCUT2D eigenvalue weighted by atomic mass is 35.5. The highest BCUT2D eigenvalue weighted by Gasteiger charge is 2.01. The average molecular weight is 286 g/mol. The van der Waals surface area contributed by atoms with Gasteiger partial charge in [0.15, 0.2) is 0 Å². The lowest BCUT2D eigenvalue weighted by atomic mass is 10.2. The summed E-state index contributed by atoms with van der Waals surface area (Å²) in [5, 5.41) is 4.02. The highest BCUT2D eigenvalue weighted by Crippen LogP contribution is 2.24. The number of halogens is 1. The van der Waals surface area contributed by atoms with Gasteiger partial charge in [-0.25, -0.2) is 0 Å². The van der Waals surface area contributed by atoms with Crippen LogP contribution in [0.5, 0.6) is 5.75 Å². The van der Waals surface area contributed by atoms with Crippen molar-refractivity contribution in [3.8, 4) is 5.75 Å². The second-order valence-electron chi connectivity index (χ2n) is 4.66. The van der Waals surface area contributed by atoms with Gasteiger partial charge in [-0.1, -0.05) is 24.6 Å². The summed E-state index contributed by atoms with van der Waals surface area (Å²) >= 11 is 6.07. The lowest BCUT2D eigenvalue weighted by Gasteiger charge is -2.12. The van der Waals surface area contributed by atoms with E-state index in [0.29, 0.717) is 36.6 Å². The molecule has 1 rings (SSSR count). The van der Waals surface area contributed by atoms with Gasteiger partial charge in [0.1, 0.15) is 12.4 Å². The number of rotatable bonds is 9. The maximum absolute atomic E-state index is 6.07. The van der Waals surface area contributed by atoms with Crippen molar-refractivity contribution in [2.75, 3.05) is 26.4 Å². The Hall–Kier alpha value is -0.770. The molecule has 4 heteroatoms. The van der Waals surface area contributed by atoms with E-state index >= 15 is 0 Å². The minimum Gasteiger partial charge on any atom is -0.490 e. The van der Waals surface area contributed by atoms with Crippen LogP contribution < -0.4 is 10.1 Å². The second-order valence-corrected chi connectivity index (χ2v) is 5.07. The van der Waals surface area contributed by atoms with E-state index in [-0.39, 0.29) is 0 Å². The molecule has 0 heterocycles. The molecule has 0 aliphatic heterocycles. The summed E-state index contributed by atoms with van der Waals surface area (Å²) in [7, 11) is 0. The van der Waals surface area contributed by atoms with Crippen molar-refractivity contribution < 1.29 is 9.47 Å². The molecule has 0 saturated heterocycles. The molecule has 108 valence electrons. The Morgan fingerprint density at radius 1 is 1.26 bits per heavy atom. The van der Waals surface area contributed by atoms with Gasteiger partial charge in [0.2, 0.25) is 0 Å². The molecule has 0 saturated carbocycles. The van der Waals surface area contributed by atoms with Crippen molar-refractivity contribution in [1.29, 1.82) is 0 Å². The Morgan fingerprint density at radius 2 is 2.05 bits per heavy atom. The van der Waals surface area contributed by atoms with Crippen LogP contribution in [0, 0.1) is 6.92 Å². The Bertz CT molecular complexity index is 371. The fourth-order valence-electron chi connectivity index (χ4n) is 1.56. The number of hydrogen-bond acceptors (Lipinski definition) is 3. The van der Waals surface area contributed by atoms with Crippen molar-refractivity contribution in [2.24, 2.45) is 0 Å². The summed E-state index contributed by atoms with van der Waals surface area (Å²) in [6.07, 6.45) is 1.13. The van der Waals surface area contributed by atoms with Gasteiger partial charge >= 0.3 is 0 Å². The van der Waals surface area contributed by atoms with Crippen molar-refractivity contribution in [3.05, 3.63) is 28.8 Å². The largest absolute Gasteiger partial charge is 0.490 e. The molecule has 0 radical (unpaired) electrons. The van der Waals surface area contributed by atoms with Crippen LogP contribution in [0.1, 0.15) is 25.8 Å². The standard InChI is InChI=1S/C15H24ClNO2/c1-4-13(3)17-7-8-18-9-10-19-15-6-5-12(2)11-14(15)16/h5-6,11,13,17H,4,7-10H2,1-3H3. The molecule has 0 spiro atoms. The van der Waals surface area contributed by atoms with E-state index in [0.717, 1.165) is 18.5 Å². The Labute approximate surface area is 121 Å². The molecule has 1 unspecified atom stereocenters. The first-order chi connectivity index (χ1) is 9.13. The van der Waals surface area contributed by atoms with E-state index in [9.17, 15) is 0 Å². The van der Waals surface area contributed by atoms with E-state index in [1.54, 1.807) is 0 Å². The molecule has 1 aromatic carbocycles. The van der Waals surface area contributed by atoms with E-state index in [4.69, 9.17) is 21.1 Å². The summed E-state index contributed by atoms with van der Waals surface area (Å²) in [6, 6.07) is 6.32. The van der Waals surface area contributed by atoms with Crippen molar-refractivity contribution in [2.45, 2.75) is 33.2 Å². The fourth-order valence-corrected chi connectivity index (χ4v) is 1.85. The Kier molecular flexibility index (Phi) is 7.87. The molecule has 0 bridgehead atoms. The fraction of sp³-hybridized carbons (Fsp3) is 0.600. The van der Waals surface area contributed by atoms with Crippen molar-refractivity contribution in [1.82, 2.24) is 5.32 Å². The van der Waals surface area contributed by atoms with Crippen LogP contribution in [-0.2, 0) is 4.74 Å². The maximum atomic E-state index is 6.07. The van der Waals surface area contributed by atoms with Gasteiger partial charge in [0.25, 0.3) is 0 Å². The van der Waals surface area contributed by atoms with Gasteiger partial charge in [-0.3, -0.25) is 0 Å². The predicted molar refractivity (Wildman–Crippen MR) is 80.3 cm³/mol. The van der Waals surface area contributed by atoms with Crippen LogP contribution in [0.15, 0.2) is 18.2 Å². The minimum absolute atomic E-state index is 0.520. The first kappa shape index (κ1) is 16.3. The van der Waals surface area contributed by atoms with Gasteiger partial charge in [0, 0.05) is 12.6 Å². The van der Waals surface area contributed by atoms with E-state index in [1.165, 1.54) is 0 Å². The zero-order valence-corrected chi connectivity index (χ0v) is 12.8. The third-order valence-electron chi connectivity index (χ3n) is 2.92. The highest BCUT2D eigenvalue weighted by molar-refractivity contribution is 6.32. The van der Waals surface area contributed by atoms with Crippen LogP contribution in [0.2, 0.25) is 5.02 Å². The van der Waals surface area contributed by atoms with Crippen LogP contribution in [0.25, 0.3) is 0 Å². The number of ether oxygens (including phenoxy) is 2. The van der Waals surface area contributed by atoms with E-state index < -0.39 is 0 Å². The zero-order chi connectivity index (χ0) is 14.1. The molecule has 0 amide bonds. The first-order valence-electron chi connectivity index (χ1n) is 6.83. The molecule has 1 atom stereocenters. The minimum atomic E-state index is 0.520. The van der Waals surface area contributed by atoms with Crippen molar-refractivity contribution in [3.63, 3.8) is 0 Å². The lowest BCUT2D eigenvalue weighted by Crippen LogP contribution is -2.29. The molecule has 0 fully saturated rings. The third-order valence-corrected chi connectivity index (χ3v) is 3.22. The first-order valence-corrected chi connectivity index (χ1v) is 7.21. The monoisotopic (exact) mass is 285 g/mol. The summed E-state index contributed by atoms with van der Waals surface area (Å²) in [4.78, 5) is 0. The maximum Gasteiger partial charge on any atom is 0.138 e. The van der Waals surface area contributed by atoms with Gasteiger partial charge in [0.05, 0.1) is 18.2 Å². The predicted octanol–water partition coefficient (Wildman–Crippen LogP) is 3.43. The second kappa shape index (κ2) is 9.18. The normalized spacial score (nSPS) is 12.4. The zero-order valence-electron chi connectivity index (χ0n) is 12.0. The molecule has 0 aliphatic carbocycles. The number of aryl methyl sites for hydroxylation is 1. The molecule has 3 nitrogen and oxygen atoms in total. The van der Waals surface area contributed by atoms with E-state index in [2.05, 4.69) is 19.2 Å². The summed E-state index contributed by atoms with van der Waals surface area (Å²) in [5.74, 6) is 0.716. The van der Waals surface area contributed by atoms with Crippen LogP contribution in [0.3, 0.4) is 0 Å². The molecule has 19 heavy (non-hydrogen) atoms. The molecular formula is C15H24ClNO2. The lowest BCUT2D eigenvalue weighted by molar-refractivity contribution is 0.100. The SMILES string of the molecule is CCC(C)NCCOCCOc1ccc(C)cc1Cl. The molecule has 0 aromatic heterocycles.